The number of hydrogen-bond acceptors (Lipinski definition) is 3. The molecule has 20 heavy (non-hydrogen) atoms. The molecule has 0 saturated carbocycles. The molecule has 1 atom stereocenters. The van der Waals surface area contributed by atoms with Gasteiger partial charge in [-0.1, -0.05) is 19.1 Å². The summed E-state index contributed by atoms with van der Waals surface area (Å²) in [7, 11) is 0. The van der Waals surface area contributed by atoms with Crippen molar-refractivity contribution in [1.82, 2.24) is 14.9 Å². The van der Waals surface area contributed by atoms with Gasteiger partial charge in [0.2, 0.25) is 0 Å². The molecule has 0 saturated heterocycles. The van der Waals surface area contributed by atoms with Crippen LogP contribution in [0.3, 0.4) is 0 Å². The Morgan fingerprint density at radius 3 is 2.65 bits per heavy atom. The van der Waals surface area contributed by atoms with E-state index in [0.29, 0.717) is 5.92 Å². The molecular formula is C16H23N3S. The summed E-state index contributed by atoms with van der Waals surface area (Å²) in [4.78, 5) is 5.57. The number of thioether (sulfide) groups is 1. The largest absolute Gasteiger partial charge is 0.335 e. The number of aryl methyl sites for hydroxylation is 1. The third kappa shape index (κ3) is 4.39. The SMILES string of the molecule is CSc1ccc(CNCC(C)Cn2ccnc2C)cc1. The van der Waals surface area contributed by atoms with Gasteiger partial charge >= 0.3 is 0 Å². The molecule has 4 heteroatoms. The van der Waals surface area contributed by atoms with E-state index in [0.717, 1.165) is 25.5 Å². The van der Waals surface area contributed by atoms with Crippen molar-refractivity contribution in [3.63, 3.8) is 0 Å². The van der Waals surface area contributed by atoms with Crippen LogP contribution >= 0.6 is 11.8 Å². The molecule has 0 fully saturated rings. The molecule has 108 valence electrons. The van der Waals surface area contributed by atoms with E-state index in [1.807, 2.05) is 19.3 Å². The van der Waals surface area contributed by atoms with Crippen LogP contribution < -0.4 is 5.32 Å². The fourth-order valence-electron chi connectivity index (χ4n) is 2.20. The van der Waals surface area contributed by atoms with Crippen LogP contribution in [0.15, 0.2) is 41.6 Å². The van der Waals surface area contributed by atoms with Crippen molar-refractivity contribution in [3.05, 3.63) is 48.0 Å². The Bertz CT molecular complexity index is 519. The lowest BCUT2D eigenvalue weighted by atomic mass is 10.1. The van der Waals surface area contributed by atoms with Gasteiger partial charge in [-0.05, 0) is 43.3 Å². The second-order valence-corrected chi connectivity index (χ2v) is 6.09. The summed E-state index contributed by atoms with van der Waals surface area (Å²) in [6.07, 6.45) is 6.02. The van der Waals surface area contributed by atoms with E-state index < -0.39 is 0 Å². The molecular weight excluding hydrogens is 266 g/mol. The van der Waals surface area contributed by atoms with Crippen LogP contribution in [-0.4, -0.2) is 22.4 Å². The van der Waals surface area contributed by atoms with Gasteiger partial charge in [0.1, 0.15) is 5.82 Å². The zero-order valence-corrected chi connectivity index (χ0v) is 13.3. The van der Waals surface area contributed by atoms with Gasteiger partial charge in [0.25, 0.3) is 0 Å². The van der Waals surface area contributed by atoms with Crippen LogP contribution in [0.4, 0.5) is 0 Å². The maximum absolute atomic E-state index is 4.25. The quantitative estimate of drug-likeness (QED) is 0.793. The Labute approximate surface area is 125 Å². The molecule has 1 aromatic carbocycles. The van der Waals surface area contributed by atoms with E-state index in [9.17, 15) is 0 Å². The average Bonchev–Trinajstić information content (AvgIpc) is 2.85. The molecule has 0 spiro atoms. The van der Waals surface area contributed by atoms with E-state index in [4.69, 9.17) is 0 Å². The molecule has 2 rings (SSSR count). The topological polar surface area (TPSA) is 29.9 Å². The summed E-state index contributed by atoms with van der Waals surface area (Å²) in [5.41, 5.74) is 1.34. The number of hydrogen-bond donors (Lipinski definition) is 1. The van der Waals surface area contributed by atoms with Crippen molar-refractivity contribution < 1.29 is 0 Å². The first-order valence-corrected chi connectivity index (χ1v) is 8.23. The molecule has 0 radical (unpaired) electrons. The van der Waals surface area contributed by atoms with Crippen molar-refractivity contribution in [2.75, 3.05) is 12.8 Å². The van der Waals surface area contributed by atoms with E-state index in [2.05, 4.69) is 52.3 Å². The maximum Gasteiger partial charge on any atom is 0.105 e. The van der Waals surface area contributed by atoms with Gasteiger partial charge in [-0.3, -0.25) is 0 Å². The summed E-state index contributed by atoms with van der Waals surface area (Å²) >= 11 is 1.78. The number of benzene rings is 1. The van der Waals surface area contributed by atoms with Crippen LogP contribution in [0.1, 0.15) is 18.3 Å². The first-order chi connectivity index (χ1) is 9.69. The lowest BCUT2D eigenvalue weighted by Crippen LogP contribution is -2.24. The highest BCUT2D eigenvalue weighted by Gasteiger charge is 2.05. The van der Waals surface area contributed by atoms with Gasteiger partial charge in [-0.2, -0.15) is 0 Å². The minimum atomic E-state index is 0.591. The molecule has 3 nitrogen and oxygen atoms in total. The summed E-state index contributed by atoms with van der Waals surface area (Å²) in [5.74, 6) is 1.68. The lowest BCUT2D eigenvalue weighted by Gasteiger charge is -2.14. The van der Waals surface area contributed by atoms with Crippen molar-refractivity contribution in [1.29, 1.82) is 0 Å². The van der Waals surface area contributed by atoms with Gasteiger partial charge in [0.05, 0.1) is 0 Å². The Morgan fingerprint density at radius 2 is 2.05 bits per heavy atom. The molecule has 1 N–H and O–H groups in total. The smallest absolute Gasteiger partial charge is 0.105 e. The van der Waals surface area contributed by atoms with Gasteiger partial charge in [0, 0.05) is 30.4 Å². The van der Waals surface area contributed by atoms with E-state index >= 15 is 0 Å². The fraction of sp³-hybridized carbons (Fsp3) is 0.438. The number of rotatable bonds is 7. The molecule has 1 aromatic heterocycles. The van der Waals surface area contributed by atoms with Crippen LogP contribution in [-0.2, 0) is 13.1 Å². The van der Waals surface area contributed by atoms with Gasteiger partial charge in [0.15, 0.2) is 0 Å². The monoisotopic (exact) mass is 289 g/mol. The van der Waals surface area contributed by atoms with Crippen molar-refractivity contribution in [2.24, 2.45) is 5.92 Å². The lowest BCUT2D eigenvalue weighted by molar-refractivity contribution is 0.440. The van der Waals surface area contributed by atoms with E-state index in [-0.39, 0.29) is 0 Å². The Hall–Kier alpha value is -1.26. The Morgan fingerprint density at radius 1 is 1.30 bits per heavy atom. The predicted octanol–water partition coefficient (Wildman–Crippen LogP) is 3.34. The third-order valence-corrected chi connectivity index (χ3v) is 4.16. The molecule has 0 amide bonds. The Balaban J connectivity index is 1.73. The summed E-state index contributed by atoms with van der Waals surface area (Å²) < 4.78 is 2.21. The summed E-state index contributed by atoms with van der Waals surface area (Å²) in [5, 5.41) is 3.53. The molecule has 0 aliphatic carbocycles. The third-order valence-electron chi connectivity index (χ3n) is 3.41. The van der Waals surface area contributed by atoms with Crippen LogP contribution in [0.2, 0.25) is 0 Å². The first kappa shape index (κ1) is 15.1. The minimum Gasteiger partial charge on any atom is -0.335 e. The molecule has 2 aromatic rings. The molecule has 1 heterocycles. The second-order valence-electron chi connectivity index (χ2n) is 5.21. The first-order valence-electron chi connectivity index (χ1n) is 7.00. The van der Waals surface area contributed by atoms with Crippen LogP contribution in [0, 0.1) is 12.8 Å². The van der Waals surface area contributed by atoms with Gasteiger partial charge in [-0.25, -0.2) is 4.98 Å². The average molecular weight is 289 g/mol. The molecule has 1 unspecified atom stereocenters. The van der Waals surface area contributed by atoms with E-state index in [1.165, 1.54) is 10.5 Å². The van der Waals surface area contributed by atoms with Crippen molar-refractivity contribution in [2.45, 2.75) is 31.8 Å². The molecule has 0 aliphatic rings. The summed E-state index contributed by atoms with van der Waals surface area (Å²) in [6.45, 7) is 7.28. The van der Waals surface area contributed by atoms with Crippen LogP contribution in [0.25, 0.3) is 0 Å². The molecule has 0 aliphatic heterocycles. The highest BCUT2D eigenvalue weighted by atomic mass is 32.2. The fourth-order valence-corrected chi connectivity index (χ4v) is 2.61. The second kappa shape index (κ2) is 7.50. The minimum absolute atomic E-state index is 0.591. The van der Waals surface area contributed by atoms with Crippen molar-refractivity contribution >= 4 is 11.8 Å². The maximum atomic E-state index is 4.25. The Kier molecular flexibility index (Phi) is 5.68. The van der Waals surface area contributed by atoms with Gasteiger partial charge in [-0.15, -0.1) is 11.8 Å². The predicted molar refractivity (Wildman–Crippen MR) is 86.1 cm³/mol. The van der Waals surface area contributed by atoms with Crippen molar-refractivity contribution in [3.8, 4) is 0 Å². The van der Waals surface area contributed by atoms with Gasteiger partial charge < -0.3 is 9.88 Å². The number of nitrogens with zero attached hydrogens (tertiary/aromatic N) is 2. The standard InChI is InChI=1S/C16H23N3S/c1-13(12-19-9-8-18-14(19)2)10-17-11-15-4-6-16(20-3)7-5-15/h4-9,13,17H,10-12H2,1-3H3. The highest BCUT2D eigenvalue weighted by Crippen LogP contribution is 2.14. The molecule has 0 bridgehead atoms. The van der Waals surface area contributed by atoms with E-state index in [1.54, 1.807) is 11.8 Å². The van der Waals surface area contributed by atoms with Crippen LogP contribution in [0.5, 0.6) is 0 Å². The normalized spacial score (nSPS) is 12.6. The highest BCUT2D eigenvalue weighted by molar-refractivity contribution is 7.98. The number of imidazole rings is 1. The zero-order valence-electron chi connectivity index (χ0n) is 12.5. The number of nitrogens with one attached hydrogen (secondary N) is 1. The number of aromatic nitrogens is 2. The zero-order chi connectivity index (χ0) is 14.4. The summed E-state index contributed by atoms with van der Waals surface area (Å²) in [6, 6.07) is 8.76.